The van der Waals surface area contributed by atoms with Crippen molar-refractivity contribution in [1.82, 2.24) is 4.98 Å². The fourth-order valence-electron chi connectivity index (χ4n) is 0.928. The molecular weight excluding hydrogens is 395 g/mol. The van der Waals surface area contributed by atoms with Crippen LogP contribution >= 0.6 is 34.2 Å². The number of rotatable bonds is 3. The molecular formula is C7HClF3IN2O4. The van der Waals surface area contributed by atoms with E-state index in [0.717, 1.165) is 6.07 Å². The van der Waals surface area contributed by atoms with Crippen molar-refractivity contribution in [3.05, 3.63) is 25.3 Å². The van der Waals surface area contributed by atoms with Gasteiger partial charge in [0, 0.05) is 4.98 Å². The predicted octanol–water partition coefficient (Wildman–Crippen LogP) is 2.87. The topological polar surface area (TPSA) is 82.3 Å². The largest absolute Gasteiger partial charge is 0.575 e. The van der Waals surface area contributed by atoms with Crippen molar-refractivity contribution in [2.24, 2.45) is 0 Å². The maximum atomic E-state index is 12.0. The van der Waals surface area contributed by atoms with Crippen LogP contribution in [0.25, 0.3) is 0 Å². The number of aromatic nitrogens is 1. The van der Waals surface area contributed by atoms with Gasteiger partial charge in [0.15, 0.2) is 0 Å². The minimum Gasteiger partial charge on any atom is -0.366 e. The minimum absolute atomic E-state index is 0.237. The van der Waals surface area contributed by atoms with Crippen molar-refractivity contribution in [2.45, 2.75) is 6.36 Å². The van der Waals surface area contributed by atoms with E-state index in [-0.39, 0.29) is 3.57 Å². The molecule has 0 aliphatic rings. The van der Waals surface area contributed by atoms with E-state index in [0.29, 0.717) is 0 Å². The zero-order valence-corrected chi connectivity index (χ0v) is 10.9. The molecule has 0 aliphatic carbocycles. The maximum absolute atomic E-state index is 12.0. The summed E-state index contributed by atoms with van der Waals surface area (Å²) in [5.41, 5.74) is -0.611. The zero-order valence-electron chi connectivity index (χ0n) is 7.99. The van der Waals surface area contributed by atoms with Crippen LogP contribution in [0, 0.1) is 13.7 Å². The van der Waals surface area contributed by atoms with E-state index in [1.807, 2.05) is 0 Å². The molecule has 0 unspecified atom stereocenters. The molecule has 0 spiro atoms. The number of hydrogen-bond acceptors (Lipinski definition) is 5. The second-order valence-corrected chi connectivity index (χ2v) is 4.23. The molecule has 1 heterocycles. The van der Waals surface area contributed by atoms with E-state index in [1.165, 1.54) is 22.6 Å². The van der Waals surface area contributed by atoms with E-state index >= 15 is 0 Å². The van der Waals surface area contributed by atoms with Gasteiger partial charge in [-0.15, -0.1) is 13.2 Å². The summed E-state index contributed by atoms with van der Waals surface area (Å²) >= 11 is 6.44. The number of nitrogens with zero attached hydrogens (tertiary/aromatic N) is 2. The summed E-state index contributed by atoms with van der Waals surface area (Å²) in [5.74, 6) is -2.12. The van der Waals surface area contributed by atoms with E-state index in [9.17, 15) is 28.1 Å². The monoisotopic (exact) mass is 396 g/mol. The highest BCUT2D eigenvalue weighted by Gasteiger charge is 2.36. The summed E-state index contributed by atoms with van der Waals surface area (Å²) in [6.07, 6.45) is -5.05. The molecule has 1 rings (SSSR count). The number of ether oxygens (including phenoxy) is 1. The van der Waals surface area contributed by atoms with Gasteiger partial charge in [0.1, 0.15) is 9.13 Å². The summed E-state index contributed by atoms with van der Waals surface area (Å²) < 4.78 is 39.2. The quantitative estimate of drug-likeness (QED) is 0.340. The summed E-state index contributed by atoms with van der Waals surface area (Å²) in [4.78, 5) is 23.3. The average molecular weight is 396 g/mol. The van der Waals surface area contributed by atoms with Crippen LogP contribution in [0.4, 0.5) is 19.0 Å². The van der Waals surface area contributed by atoms with Gasteiger partial charge < -0.3 is 14.9 Å². The first-order valence-corrected chi connectivity index (χ1v) is 5.38. The van der Waals surface area contributed by atoms with Crippen LogP contribution in [0.3, 0.4) is 0 Å². The Balaban J connectivity index is 3.36. The molecule has 11 heteroatoms. The van der Waals surface area contributed by atoms with Crippen molar-refractivity contribution in [3.63, 3.8) is 0 Å². The van der Waals surface area contributed by atoms with Crippen molar-refractivity contribution >= 4 is 45.3 Å². The van der Waals surface area contributed by atoms with Gasteiger partial charge in [0.05, 0.1) is 0 Å². The Morgan fingerprint density at radius 2 is 2.11 bits per heavy atom. The highest BCUT2D eigenvalue weighted by atomic mass is 127. The molecule has 0 bridgehead atoms. The molecule has 18 heavy (non-hydrogen) atoms. The van der Waals surface area contributed by atoms with Gasteiger partial charge in [0.25, 0.3) is 5.24 Å². The molecule has 0 saturated heterocycles. The van der Waals surface area contributed by atoms with Crippen LogP contribution in [0.5, 0.6) is 5.88 Å². The molecule has 6 nitrogen and oxygen atoms in total. The second-order valence-electron chi connectivity index (χ2n) is 2.73. The first kappa shape index (κ1) is 14.9. The van der Waals surface area contributed by atoms with E-state index in [1.54, 1.807) is 0 Å². The Morgan fingerprint density at radius 1 is 1.56 bits per heavy atom. The van der Waals surface area contributed by atoms with Crippen molar-refractivity contribution in [1.29, 1.82) is 0 Å². The summed E-state index contributed by atoms with van der Waals surface area (Å²) in [7, 11) is 0. The van der Waals surface area contributed by atoms with Gasteiger partial charge in [-0.2, -0.15) is 0 Å². The zero-order chi connectivity index (χ0) is 14.1. The van der Waals surface area contributed by atoms with Gasteiger partial charge in [-0.25, -0.2) is 0 Å². The van der Waals surface area contributed by atoms with Crippen LogP contribution in [0.1, 0.15) is 10.4 Å². The molecule has 1 aromatic rings. The van der Waals surface area contributed by atoms with Crippen LogP contribution in [0.2, 0.25) is 0 Å². The van der Waals surface area contributed by atoms with Crippen LogP contribution in [-0.4, -0.2) is 21.5 Å². The van der Waals surface area contributed by atoms with E-state index < -0.39 is 33.8 Å². The highest BCUT2D eigenvalue weighted by molar-refractivity contribution is 14.1. The van der Waals surface area contributed by atoms with Crippen molar-refractivity contribution in [3.8, 4) is 5.88 Å². The first-order chi connectivity index (χ1) is 8.11. The lowest BCUT2D eigenvalue weighted by atomic mass is 10.3. The van der Waals surface area contributed by atoms with Gasteiger partial charge in [-0.05, 0) is 45.2 Å². The maximum Gasteiger partial charge on any atom is 0.575 e. The lowest BCUT2D eigenvalue weighted by molar-refractivity contribution is -0.390. The van der Waals surface area contributed by atoms with Gasteiger partial charge in [-0.1, -0.05) is 0 Å². The van der Waals surface area contributed by atoms with Crippen LogP contribution in [0.15, 0.2) is 6.07 Å². The number of alkyl halides is 3. The number of pyridine rings is 1. The Labute approximate surface area is 115 Å². The molecule has 0 atom stereocenters. The summed E-state index contributed by atoms with van der Waals surface area (Å²) in [6.45, 7) is 0. The average Bonchev–Trinajstić information content (AvgIpc) is 2.17. The third-order valence-corrected chi connectivity index (χ3v) is 2.50. The number of halogens is 5. The fraction of sp³-hybridized carbons (Fsp3) is 0.143. The summed E-state index contributed by atoms with van der Waals surface area (Å²) in [5, 5.41) is 9.35. The highest BCUT2D eigenvalue weighted by Crippen LogP contribution is 2.30. The van der Waals surface area contributed by atoms with Gasteiger partial charge in [0.2, 0.25) is 0 Å². The lowest BCUT2D eigenvalue weighted by Crippen LogP contribution is -2.19. The molecule has 0 aromatic carbocycles. The third kappa shape index (κ3) is 3.66. The molecule has 0 saturated carbocycles. The number of carbonyl (C=O) groups is 1. The molecule has 98 valence electrons. The van der Waals surface area contributed by atoms with Gasteiger partial charge >= 0.3 is 18.1 Å². The van der Waals surface area contributed by atoms with Gasteiger partial charge in [-0.3, -0.25) is 4.79 Å². The SMILES string of the molecule is O=C(Cl)c1cc(I)c(OC(F)(F)F)nc1[N+](=O)[O-]. The predicted molar refractivity (Wildman–Crippen MR) is 60.5 cm³/mol. The number of carbonyl (C=O) groups excluding carboxylic acids is 1. The second kappa shape index (κ2) is 5.22. The molecule has 0 radical (unpaired) electrons. The Bertz CT molecular complexity index is 522. The first-order valence-electron chi connectivity index (χ1n) is 3.92. The standard InChI is InChI=1S/C7HClF3IN2O4/c8-4(15)2-1-3(12)6(18-7(9,10)11)13-5(2)14(16)17/h1H. The minimum atomic E-state index is -5.05. The smallest absolute Gasteiger partial charge is 0.366 e. The van der Waals surface area contributed by atoms with Crippen LogP contribution < -0.4 is 4.74 Å². The fourth-order valence-corrected chi connectivity index (χ4v) is 1.61. The Morgan fingerprint density at radius 3 is 2.50 bits per heavy atom. The molecule has 1 aromatic heterocycles. The van der Waals surface area contributed by atoms with E-state index in [2.05, 4.69) is 9.72 Å². The molecule has 0 aliphatic heterocycles. The van der Waals surface area contributed by atoms with Crippen molar-refractivity contribution in [2.75, 3.05) is 0 Å². The number of nitro groups is 1. The van der Waals surface area contributed by atoms with Crippen molar-refractivity contribution < 1.29 is 27.6 Å². The normalized spacial score (nSPS) is 11.2. The molecule has 0 amide bonds. The van der Waals surface area contributed by atoms with E-state index in [4.69, 9.17) is 11.6 Å². The Hall–Kier alpha value is -1.17. The molecule has 0 N–H and O–H groups in total. The molecule has 0 fully saturated rings. The van der Waals surface area contributed by atoms with Crippen LogP contribution in [-0.2, 0) is 0 Å². The lowest BCUT2D eigenvalue weighted by Gasteiger charge is -2.07. The third-order valence-electron chi connectivity index (χ3n) is 1.52. The Kier molecular flexibility index (Phi) is 4.32. The summed E-state index contributed by atoms with van der Waals surface area (Å²) in [6, 6.07) is 0.794. The number of hydrogen-bond donors (Lipinski definition) is 0.